The van der Waals surface area contributed by atoms with Crippen molar-refractivity contribution in [3.8, 4) is 17.4 Å². The first-order chi connectivity index (χ1) is 14.9. The lowest BCUT2D eigenvalue weighted by Crippen LogP contribution is -2.48. The second-order valence-electron chi connectivity index (χ2n) is 6.21. The van der Waals surface area contributed by atoms with Gasteiger partial charge in [-0.15, -0.1) is 0 Å². The number of nitrogens with one attached hydrogen (secondary N) is 3. The van der Waals surface area contributed by atoms with E-state index < -0.39 is 17.8 Å². The number of hydrogen-bond donors (Lipinski definition) is 3. The minimum atomic E-state index is -0.811. The number of rotatable bonds is 6. The van der Waals surface area contributed by atoms with Crippen LogP contribution >= 0.6 is 23.8 Å². The Morgan fingerprint density at radius 1 is 1.10 bits per heavy atom. The number of aromatic nitrogens is 1. The number of carbonyl (C=O) groups excluding carboxylic acids is 1. The molecule has 1 atom stereocenters. The average molecular weight is 461 g/mol. The van der Waals surface area contributed by atoms with Gasteiger partial charge in [-0.25, -0.2) is 9.37 Å². The van der Waals surface area contributed by atoms with Crippen LogP contribution in [0.3, 0.4) is 0 Å². The van der Waals surface area contributed by atoms with Gasteiger partial charge in [0.15, 0.2) is 17.0 Å². The van der Waals surface area contributed by atoms with Crippen LogP contribution in [0, 0.1) is 5.82 Å². The Bertz CT molecular complexity index is 1050. The summed E-state index contributed by atoms with van der Waals surface area (Å²) < 4.78 is 24.7. The van der Waals surface area contributed by atoms with E-state index in [1.54, 1.807) is 31.2 Å². The summed E-state index contributed by atoms with van der Waals surface area (Å²) in [6.07, 6.45) is 0.474. The molecule has 0 spiro atoms. The maximum Gasteiger partial charge on any atom is 0.279 e. The lowest BCUT2D eigenvalue weighted by Gasteiger charge is -2.16. The molecule has 0 radical (unpaired) electrons. The largest absolute Gasteiger partial charge is 0.481 e. The lowest BCUT2D eigenvalue weighted by atomic mass is 10.3. The molecule has 0 fully saturated rings. The molecule has 0 aliphatic heterocycles. The van der Waals surface area contributed by atoms with Gasteiger partial charge in [0.1, 0.15) is 11.5 Å². The highest BCUT2D eigenvalue weighted by molar-refractivity contribution is 7.80. The Labute approximate surface area is 188 Å². The highest BCUT2D eigenvalue weighted by atomic mass is 35.5. The number of ether oxygens (including phenoxy) is 2. The van der Waals surface area contributed by atoms with Crippen LogP contribution in [-0.4, -0.2) is 22.1 Å². The van der Waals surface area contributed by atoms with E-state index in [1.165, 1.54) is 6.20 Å². The first-order valence-electron chi connectivity index (χ1n) is 9.08. The molecule has 0 saturated carbocycles. The Hall–Kier alpha value is -3.43. The molecule has 3 rings (SSSR count). The monoisotopic (exact) mass is 460 g/mol. The van der Waals surface area contributed by atoms with E-state index in [4.69, 9.17) is 33.3 Å². The molecule has 31 heavy (non-hydrogen) atoms. The second-order valence-corrected chi connectivity index (χ2v) is 7.05. The van der Waals surface area contributed by atoms with Crippen LogP contribution in [0.1, 0.15) is 6.92 Å². The molecule has 0 bridgehead atoms. The molecule has 2 aromatic carbocycles. The summed E-state index contributed by atoms with van der Waals surface area (Å²) >= 11 is 10.8. The molecule has 0 unspecified atom stereocenters. The molecule has 160 valence electrons. The normalized spacial score (nSPS) is 11.2. The van der Waals surface area contributed by atoms with Gasteiger partial charge in [0, 0.05) is 11.9 Å². The number of pyridine rings is 1. The van der Waals surface area contributed by atoms with Crippen LogP contribution in [0.15, 0.2) is 66.9 Å². The van der Waals surface area contributed by atoms with Crippen molar-refractivity contribution in [3.63, 3.8) is 0 Å². The lowest BCUT2D eigenvalue weighted by molar-refractivity contribution is -0.127. The summed E-state index contributed by atoms with van der Waals surface area (Å²) in [7, 11) is 0. The van der Waals surface area contributed by atoms with Crippen molar-refractivity contribution in [2.45, 2.75) is 13.0 Å². The van der Waals surface area contributed by atoms with Crippen molar-refractivity contribution in [1.82, 2.24) is 15.8 Å². The molecule has 3 aromatic rings. The average Bonchev–Trinajstić information content (AvgIpc) is 2.76. The van der Waals surface area contributed by atoms with Crippen LogP contribution in [0.5, 0.6) is 17.4 Å². The maximum absolute atomic E-state index is 13.8. The number of nitrogens with zero attached hydrogens (tertiary/aromatic N) is 1. The van der Waals surface area contributed by atoms with Gasteiger partial charge in [0.2, 0.25) is 0 Å². The molecule has 1 amide bonds. The van der Waals surface area contributed by atoms with Gasteiger partial charge < -0.3 is 14.8 Å². The highest BCUT2D eigenvalue weighted by Gasteiger charge is 2.15. The Morgan fingerprint density at radius 2 is 1.77 bits per heavy atom. The second kappa shape index (κ2) is 10.6. The molecule has 1 heterocycles. The third-order valence-electron chi connectivity index (χ3n) is 3.83. The molecule has 10 heteroatoms. The SMILES string of the molecule is C[C@@H](Oc1ccc(Oc2ncc(Cl)cc2F)cc1)C(=O)NNC(=S)Nc1ccccc1. The standard InChI is InChI=1S/C21H18ClFN4O3S/c1-13(19(28)26-27-21(31)25-15-5-3-2-4-6-15)29-16-7-9-17(10-8-16)30-20-18(23)11-14(22)12-24-20/h2-13H,1H3,(H,26,28)(H2,25,27,31)/t13-/m1/s1. The van der Waals surface area contributed by atoms with Crippen molar-refractivity contribution < 1.29 is 18.7 Å². The first-order valence-corrected chi connectivity index (χ1v) is 9.87. The van der Waals surface area contributed by atoms with Crippen LogP contribution in [-0.2, 0) is 4.79 Å². The molecule has 1 aromatic heterocycles. The third-order valence-corrected chi connectivity index (χ3v) is 4.24. The fraction of sp³-hybridized carbons (Fsp3) is 0.0952. The van der Waals surface area contributed by atoms with E-state index in [0.29, 0.717) is 11.5 Å². The van der Waals surface area contributed by atoms with E-state index in [2.05, 4.69) is 21.2 Å². The Morgan fingerprint density at radius 3 is 2.45 bits per heavy atom. The number of hydrogen-bond acceptors (Lipinski definition) is 5. The van der Waals surface area contributed by atoms with E-state index >= 15 is 0 Å². The summed E-state index contributed by atoms with van der Waals surface area (Å²) in [6, 6.07) is 16.7. The van der Waals surface area contributed by atoms with Crippen molar-refractivity contribution in [1.29, 1.82) is 0 Å². The molecular weight excluding hydrogens is 443 g/mol. The van der Waals surface area contributed by atoms with E-state index in [0.717, 1.165) is 11.8 Å². The van der Waals surface area contributed by atoms with Crippen molar-refractivity contribution in [2.75, 3.05) is 5.32 Å². The predicted octanol–water partition coefficient (Wildman–Crippen LogP) is 4.45. The molecule has 3 N–H and O–H groups in total. The molecule has 0 aliphatic rings. The van der Waals surface area contributed by atoms with Gasteiger partial charge >= 0.3 is 0 Å². The topological polar surface area (TPSA) is 84.5 Å². The third kappa shape index (κ3) is 6.80. The van der Waals surface area contributed by atoms with Crippen LogP contribution in [0.25, 0.3) is 0 Å². The number of amides is 1. The number of benzene rings is 2. The number of para-hydroxylation sites is 1. The zero-order valence-electron chi connectivity index (χ0n) is 16.3. The van der Waals surface area contributed by atoms with Crippen LogP contribution < -0.4 is 25.6 Å². The number of anilines is 1. The fourth-order valence-electron chi connectivity index (χ4n) is 2.34. The smallest absolute Gasteiger partial charge is 0.279 e. The summed E-state index contributed by atoms with van der Waals surface area (Å²) in [4.78, 5) is 16.0. The van der Waals surface area contributed by atoms with Gasteiger partial charge in [0.05, 0.1) is 5.02 Å². The van der Waals surface area contributed by atoms with Crippen molar-refractivity contribution >= 4 is 40.5 Å². The quantitative estimate of drug-likeness (QED) is 0.370. The molecule has 0 aliphatic carbocycles. The highest BCUT2D eigenvalue weighted by Crippen LogP contribution is 2.26. The number of hydrazine groups is 1. The zero-order chi connectivity index (χ0) is 22.2. The number of halogens is 2. The first kappa shape index (κ1) is 22.3. The van der Waals surface area contributed by atoms with E-state index in [1.807, 2.05) is 30.3 Å². The van der Waals surface area contributed by atoms with Crippen LogP contribution in [0.4, 0.5) is 10.1 Å². The molecule has 7 nitrogen and oxygen atoms in total. The summed E-state index contributed by atoms with van der Waals surface area (Å²) in [5, 5.41) is 3.34. The molecular formula is C21H18ClFN4O3S. The van der Waals surface area contributed by atoms with Crippen LogP contribution in [0.2, 0.25) is 5.02 Å². The fourth-order valence-corrected chi connectivity index (χ4v) is 2.65. The summed E-state index contributed by atoms with van der Waals surface area (Å²) in [6.45, 7) is 1.59. The minimum absolute atomic E-state index is 0.173. The summed E-state index contributed by atoms with van der Waals surface area (Å²) in [5.74, 6) is -0.533. The van der Waals surface area contributed by atoms with Gasteiger partial charge in [-0.05, 0) is 61.6 Å². The minimum Gasteiger partial charge on any atom is -0.481 e. The maximum atomic E-state index is 13.8. The van der Waals surface area contributed by atoms with Gasteiger partial charge in [0.25, 0.3) is 11.8 Å². The summed E-state index contributed by atoms with van der Waals surface area (Å²) in [5.41, 5.74) is 5.87. The van der Waals surface area contributed by atoms with Gasteiger partial charge in [-0.3, -0.25) is 15.6 Å². The number of carbonyl (C=O) groups is 1. The Kier molecular flexibility index (Phi) is 7.58. The van der Waals surface area contributed by atoms with Crippen molar-refractivity contribution in [2.24, 2.45) is 0 Å². The van der Waals surface area contributed by atoms with Gasteiger partial charge in [-0.1, -0.05) is 29.8 Å². The van der Waals surface area contributed by atoms with Gasteiger partial charge in [-0.2, -0.15) is 0 Å². The van der Waals surface area contributed by atoms with E-state index in [9.17, 15) is 9.18 Å². The Balaban J connectivity index is 1.47. The van der Waals surface area contributed by atoms with Crippen molar-refractivity contribution in [3.05, 3.63) is 77.7 Å². The zero-order valence-corrected chi connectivity index (χ0v) is 17.8. The molecule has 0 saturated heterocycles. The number of thiocarbonyl (C=S) groups is 1. The predicted molar refractivity (Wildman–Crippen MR) is 120 cm³/mol. The van der Waals surface area contributed by atoms with E-state index in [-0.39, 0.29) is 16.0 Å².